The van der Waals surface area contributed by atoms with E-state index in [0.29, 0.717) is 11.3 Å². The van der Waals surface area contributed by atoms with Gasteiger partial charge < -0.3 is 20.3 Å². The lowest BCUT2D eigenvalue weighted by Gasteiger charge is -2.33. The largest absolute Gasteiger partial charge is 0.444 e. The van der Waals surface area contributed by atoms with Gasteiger partial charge in [0.15, 0.2) is 0 Å². The van der Waals surface area contributed by atoms with Crippen LogP contribution in [0.5, 0.6) is 0 Å². The van der Waals surface area contributed by atoms with Crippen LogP contribution in [0.15, 0.2) is 67.8 Å². The van der Waals surface area contributed by atoms with Crippen molar-refractivity contribution in [2.24, 2.45) is 0 Å². The fourth-order valence-corrected chi connectivity index (χ4v) is 3.50. The Bertz CT molecular complexity index is 1090. The SMILES string of the molecule is C=CCN(C(=O)C(C)NC(=O)OC(C)(C)C)C(C(=O)Nc1ccccc1C)c1cccc(C=C)c1. The van der Waals surface area contributed by atoms with Crippen LogP contribution >= 0.6 is 0 Å². The van der Waals surface area contributed by atoms with Crippen molar-refractivity contribution in [1.82, 2.24) is 10.2 Å². The molecule has 7 nitrogen and oxygen atoms in total. The lowest BCUT2D eigenvalue weighted by molar-refractivity contribution is -0.139. The minimum absolute atomic E-state index is 0.0867. The fourth-order valence-electron chi connectivity index (χ4n) is 3.50. The minimum atomic E-state index is -0.983. The van der Waals surface area contributed by atoms with Gasteiger partial charge in [0.25, 0.3) is 5.91 Å². The molecule has 0 bridgehead atoms. The van der Waals surface area contributed by atoms with Crippen molar-refractivity contribution in [3.8, 4) is 0 Å². The second-order valence-electron chi connectivity index (χ2n) is 9.23. The smallest absolute Gasteiger partial charge is 0.408 e. The summed E-state index contributed by atoms with van der Waals surface area (Å²) in [7, 11) is 0. The monoisotopic (exact) mass is 477 g/mol. The zero-order valence-electron chi connectivity index (χ0n) is 21.1. The highest BCUT2D eigenvalue weighted by Gasteiger charge is 2.34. The quantitative estimate of drug-likeness (QED) is 0.483. The Hall–Kier alpha value is -3.87. The maximum absolute atomic E-state index is 13.6. The van der Waals surface area contributed by atoms with Crippen LogP contribution in [0.2, 0.25) is 0 Å². The van der Waals surface area contributed by atoms with E-state index in [2.05, 4.69) is 23.8 Å². The number of hydrogen-bond donors (Lipinski definition) is 2. The molecule has 186 valence electrons. The summed E-state index contributed by atoms with van der Waals surface area (Å²) >= 11 is 0. The third-order valence-electron chi connectivity index (χ3n) is 5.14. The third kappa shape index (κ3) is 7.84. The first-order chi connectivity index (χ1) is 16.5. The van der Waals surface area contributed by atoms with E-state index in [1.807, 2.05) is 37.3 Å². The molecule has 0 fully saturated rings. The number of nitrogens with one attached hydrogen (secondary N) is 2. The lowest BCUT2D eigenvalue weighted by Crippen LogP contribution is -2.51. The van der Waals surface area contributed by atoms with Crippen molar-refractivity contribution in [3.63, 3.8) is 0 Å². The Balaban J connectivity index is 2.44. The van der Waals surface area contributed by atoms with Gasteiger partial charge in [-0.1, -0.05) is 55.1 Å². The van der Waals surface area contributed by atoms with Crippen LogP contribution in [0.1, 0.15) is 50.4 Å². The summed E-state index contributed by atoms with van der Waals surface area (Å²) in [5, 5.41) is 5.51. The number of aryl methyl sites for hydroxylation is 1. The number of ether oxygens (including phenoxy) is 1. The van der Waals surface area contributed by atoms with Gasteiger partial charge in [-0.3, -0.25) is 9.59 Å². The number of rotatable bonds is 9. The van der Waals surface area contributed by atoms with Gasteiger partial charge in [-0.15, -0.1) is 6.58 Å². The van der Waals surface area contributed by atoms with E-state index in [-0.39, 0.29) is 12.5 Å². The normalized spacial score (nSPS) is 12.6. The van der Waals surface area contributed by atoms with Gasteiger partial charge in [-0.25, -0.2) is 4.79 Å². The molecule has 7 heteroatoms. The Morgan fingerprint density at radius 3 is 2.37 bits per heavy atom. The Morgan fingerprint density at radius 1 is 1.09 bits per heavy atom. The number of anilines is 1. The van der Waals surface area contributed by atoms with Gasteiger partial charge in [0.1, 0.15) is 17.7 Å². The summed E-state index contributed by atoms with van der Waals surface area (Å²) in [6, 6.07) is 12.7. The molecule has 0 aliphatic carbocycles. The molecule has 0 aliphatic heterocycles. The molecular weight excluding hydrogens is 442 g/mol. The predicted octanol–water partition coefficient (Wildman–Crippen LogP) is 5.25. The molecule has 2 aromatic rings. The van der Waals surface area contributed by atoms with E-state index in [1.54, 1.807) is 58.0 Å². The van der Waals surface area contributed by atoms with Gasteiger partial charge in [-0.2, -0.15) is 0 Å². The molecule has 2 aromatic carbocycles. The second-order valence-corrected chi connectivity index (χ2v) is 9.23. The van der Waals surface area contributed by atoms with E-state index in [9.17, 15) is 14.4 Å². The maximum Gasteiger partial charge on any atom is 0.408 e. The van der Waals surface area contributed by atoms with Crippen LogP contribution in [-0.2, 0) is 14.3 Å². The fraction of sp³-hybridized carbons (Fsp3) is 0.321. The number of amides is 3. The van der Waals surface area contributed by atoms with Crippen LogP contribution in [0.4, 0.5) is 10.5 Å². The number of alkyl carbamates (subject to hydrolysis) is 1. The molecule has 2 atom stereocenters. The molecule has 0 aromatic heterocycles. The average molecular weight is 478 g/mol. The van der Waals surface area contributed by atoms with Crippen LogP contribution in [-0.4, -0.2) is 41.0 Å². The Morgan fingerprint density at radius 2 is 1.77 bits per heavy atom. The second kappa shape index (κ2) is 12.0. The van der Waals surface area contributed by atoms with E-state index in [1.165, 1.54) is 4.90 Å². The molecule has 2 unspecified atom stereocenters. The third-order valence-corrected chi connectivity index (χ3v) is 5.14. The summed E-state index contributed by atoms with van der Waals surface area (Å²) in [5.74, 6) is -0.843. The van der Waals surface area contributed by atoms with Gasteiger partial charge in [0.2, 0.25) is 5.91 Å². The molecule has 0 heterocycles. The molecule has 35 heavy (non-hydrogen) atoms. The zero-order chi connectivity index (χ0) is 26.2. The predicted molar refractivity (Wildman–Crippen MR) is 140 cm³/mol. The van der Waals surface area contributed by atoms with Crippen molar-refractivity contribution in [2.45, 2.75) is 52.3 Å². The molecule has 3 amide bonds. The highest BCUT2D eigenvalue weighted by molar-refractivity contribution is 5.99. The summed E-state index contributed by atoms with van der Waals surface area (Å²) in [5.41, 5.74) is 2.24. The van der Waals surface area contributed by atoms with Crippen molar-refractivity contribution < 1.29 is 19.1 Å². The first kappa shape index (κ1) is 27.4. The highest BCUT2D eigenvalue weighted by atomic mass is 16.6. The number of benzene rings is 2. The van der Waals surface area contributed by atoms with E-state index in [0.717, 1.165) is 11.1 Å². The van der Waals surface area contributed by atoms with Crippen molar-refractivity contribution in [2.75, 3.05) is 11.9 Å². The number of carbonyl (C=O) groups is 3. The van der Waals surface area contributed by atoms with Gasteiger partial charge in [0, 0.05) is 12.2 Å². The van der Waals surface area contributed by atoms with Crippen LogP contribution < -0.4 is 10.6 Å². The highest BCUT2D eigenvalue weighted by Crippen LogP contribution is 2.26. The first-order valence-electron chi connectivity index (χ1n) is 11.5. The number of nitrogens with zero attached hydrogens (tertiary/aromatic N) is 1. The molecule has 0 saturated heterocycles. The number of hydrogen-bond acceptors (Lipinski definition) is 4. The topological polar surface area (TPSA) is 87.7 Å². The maximum atomic E-state index is 13.6. The first-order valence-corrected chi connectivity index (χ1v) is 11.5. The van der Waals surface area contributed by atoms with Crippen molar-refractivity contribution in [3.05, 3.63) is 84.5 Å². The molecule has 2 rings (SSSR count). The molecule has 0 radical (unpaired) electrons. The minimum Gasteiger partial charge on any atom is -0.444 e. The van der Waals surface area contributed by atoms with E-state index < -0.39 is 29.7 Å². The molecule has 0 spiro atoms. The standard InChI is InChI=1S/C28H35N3O4/c1-8-17-31(26(33)20(4)29-27(34)35-28(5,6)7)24(22-15-12-14-21(9-2)18-22)25(32)30-23-16-11-10-13-19(23)3/h8-16,18,20,24H,1-2,17H2,3-7H3,(H,29,34)(H,30,32). The number of carbonyl (C=O) groups excluding carboxylic acids is 3. The molecule has 0 saturated carbocycles. The van der Waals surface area contributed by atoms with Gasteiger partial charge >= 0.3 is 6.09 Å². The Kier molecular flexibility index (Phi) is 9.40. The molecule has 0 aliphatic rings. The van der Waals surface area contributed by atoms with Crippen LogP contribution in [0.3, 0.4) is 0 Å². The average Bonchev–Trinajstić information content (AvgIpc) is 2.78. The molecular formula is C28H35N3O4. The summed E-state index contributed by atoms with van der Waals surface area (Å²) in [6.45, 7) is 16.3. The van der Waals surface area contributed by atoms with Crippen molar-refractivity contribution >= 4 is 29.7 Å². The lowest BCUT2D eigenvalue weighted by atomic mass is 10.00. The van der Waals surface area contributed by atoms with Gasteiger partial charge in [-0.05, 0) is 63.4 Å². The van der Waals surface area contributed by atoms with E-state index >= 15 is 0 Å². The zero-order valence-corrected chi connectivity index (χ0v) is 21.1. The van der Waals surface area contributed by atoms with Gasteiger partial charge in [0.05, 0.1) is 0 Å². The van der Waals surface area contributed by atoms with Crippen molar-refractivity contribution in [1.29, 1.82) is 0 Å². The van der Waals surface area contributed by atoms with E-state index in [4.69, 9.17) is 4.74 Å². The summed E-state index contributed by atoms with van der Waals surface area (Å²) in [6.07, 6.45) is 2.50. The summed E-state index contributed by atoms with van der Waals surface area (Å²) < 4.78 is 5.28. The van der Waals surface area contributed by atoms with Crippen LogP contribution in [0.25, 0.3) is 6.08 Å². The van der Waals surface area contributed by atoms with Crippen LogP contribution in [0, 0.1) is 6.92 Å². The summed E-state index contributed by atoms with van der Waals surface area (Å²) in [4.78, 5) is 40.8. The number of para-hydroxylation sites is 1. The Labute approximate surface area is 207 Å². The molecule has 2 N–H and O–H groups in total.